The molecule has 0 radical (unpaired) electrons. The molecule has 1 fully saturated rings. The zero-order valence-electron chi connectivity index (χ0n) is 15.8. The highest BCUT2D eigenvalue weighted by molar-refractivity contribution is 6.31. The van der Waals surface area contributed by atoms with E-state index < -0.39 is 5.60 Å². The molecule has 28 heavy (non-hydrogen) atoms. The second kappa shape index (κ2) is 6.55. The summed E-state index contributed by atoms with van der Waals surface area (Å²) >= 11 is 6.20. The third-order valence-corrected chi connectivity index (χ3v) is 6.55. The van der Waals surface area contributed by atoms with Gasteiger partial charge in [0.05, 0.1) is 12.1 Å². The van der Waals surface area contributed by atoms with Gasteiger partial charge in [0.25, 0.3) is 0 Å². The lowest BCUT2D eigenvalue weighted by Crippen LogP contribution is -2.37. The first kappa shape index (κ1) is 18.1. The second-order valence-corrected chi connectivity index (χ2v) is 8.72. The van der Waals surface area contributed by atoms with Crippen molar-refractivity contribution in [1.29, 1.82) is 0 Å². The monoisotopic (exact) mass is 399 g/mol. The largest absolute Gasteiger partial charge is 0.384 e. The Hall–Kier alpha value is -1.95. The van der Waals surface area contributed by atoms with E-state index in [1.807, 2.05) is 22.8 Å². The number of hydrogen-bond donors (Lipinski definition) is 1. The van der Waals surface area contributed by atoms with E-state index >= 15 is 4.39 Å². The van der Waals surface area contributed by atoms with E-state index in [1.165, 1.54) is 18.9 Å². The molecule has 1 saturated heterocycles. The van der Waals surface area contributed by atoms with Crippen LogP contribution in [0.3, 0.4) is 0 Å². The standard InChI is InChI=1S/C22H23ClFN3O/c1-22(28,14-4-2-6-25-11-14)13-27-20-10-16-5-3-7-26(16)12-18(20)17-8-15(23)9-19(24)21(17)27/h2,4,6,8-9,11,16,28H,3,5,7,10,12-13H2,1H3. The molecule has 1 N–H and O–H groups in total. The first-order chi connectivity index (χ1) is 13.4. The first-order valence-corrected chi connectivity index (χ1v) is 10.2. The number of rotatable bonds is 3. The average Bonchev–Trinajstić information content (AvgIpc) is 3.23. The summed E-state index contributed by atoms with van der Waals surface area (Å²) < 4.78 is 17.0. The van der Waals surface area contributed by atoms with Gasteiger partial charge in [0.15, 0.2) is 0 Å². The lowest BCUT2D eigenvalue weighted by molar-refractivity contribution is 0.0377. The van der Waals surface area contributed by atoms with Crippen LogP contribution in [-0.2, 0) is 25.1 Å². The van der Waals surface area contributed by atoms with Gasteiger partial charge in [0.1, 0.15) is 11.4 Å². The third kappa shape index (κ3) is 2.84. The van der Waals surface area contributed by atoms with Gasteiger partial charge in [-0.05, 0) is 50.1 Å². The van der Waals surface area contributed by atoms with E-state index in [0.29, 0.717) is 16.6 Å². The molecule has 0 saturated carbocycles. The summed E-state index contributed by atoms with van der Waals surface area (Å²) in [4.78, 5) is 6.63. The first-order valence-electron chi connectivity index (χ1n) is 9.80. The van der Waals surface area contributed by atoms with Gasteiger partial charge in [-0.1, -0.05) is 17.7 Å². The van der Waals surface area contributed by atoms with Crippen LogP contribution >= 0.6 is 11.6 Å². The normalized spacial score (nSPS) is 21.5. The molecule has 3 aromatic rings. The van der Waals surface area contributed by atoms with Crippen LogP contribution in [-0.4, -0.2) is 32.1 Å². The van der Waals surface area contributed by atoms with Crippen LogP contribution in [0.5, 0.6) is 0 Å². The Morgan fingerprint density at radius 1 is 1.39 bits per heavy atom. The molecular formula is C22H23ClFN3O. The van der Waals surface area contributed by atoms with Crippen molar-refractivity contribution in [3.05, 3.63) is 64.3 Å². The summed E-state index contributed by atoms with van der Waals surface area (Å²) in [5, 5.41) is 12.5. The van der Waals surface area contributed by atoms with Crippen LogP contribution in [0.25, 0.3) is 10.9 Å². The van der Waals surface area contributed by atoms with Crippen LogP contribution in [0.1, 0.15) is 36.6 Å². The Morgan fingerprint density at radius 3 is 3.04 bits per heavy atom. The Bertz CT molecular complexity index is 1050. The predicted molar refractivity (Wildman–Crippen MR) is 108 cm³/mol. The quantitative estimate of drug-likeness (QED) is 0.715. The molecule has 2 aliphatic heterocycles. The summed E-state index contributed by atoms with van der Waals surface area (Å²) in [7, 11) is 0. The summed E-state index contributed by atoms with van der Waals surface area (Å²) in [5.74, 6) is -0.334. The maximum atomic E-state index is 15.0. The smallest absolute Gasteiger partial charge is 0.148 e. The van der Waals surface area contributed by atoms with E-state index in [0.717, 1.165) is 41.7 Å². The summed E-state index contributed by atoms with van der Waals surface area (Å²) in [6, 6.07) is 7.40. The van der Waals surface area contributed by atoms with Crippen molar-refractivity contribution in [2.75, 3.05) is 6.54 Å². The van der Waals surface area contributed by atoms with Crippen molar-refractivity contribution in [1.82, 2.24) is 14.5 Å². The van der Waals surface area contributed by atoms with E-state index in [1.54, 1.807) is 19.3 Å². The van der Waals surface area contributed by atoms with Gasteiger partial charge in [0.2, 0.25) is 0 Å². The second-order valence-electron chi connectivity index (χ2n) is 8.28. The molecule has 2 atom stereocenters. The number of aliphatic hydroxyl groups is 1. The molecule has 2 aromatic heterocycles. The minimum Gasteiger partial charge on any atom is -0.384 e. The maximum absolute atomic E-state index is 15.0. The highest BCUT2D eigenvalue weighted by atomic mass is 35.5. The number of aromatic nitrogens is 2. The van der Waals surface area contributed by atoms with Crippen LogP contribution < -0.4 is 0 Å². The lowest BCUT2D eigenvalue weighted by Gasteiger charge is -2.32. The number of pyridine rings is 1. The van der Waals surface area contributed by atoms with Crippen LogP contribution in [0, 0.1) is 5.82 Å². The van der Waals surface area contributed by atoms with Crippen LogP contribution in [0.4, 0.5) is 4.39 Å². The third-order valence-electron chi connectivity index (χ3n) is 6.34. The predicted octanol–water partition coefficient (Wildman–Crippen LogP) is 4.26. The van der Waals surface area contributed by atoms with Crippen LogP contribution in [0.2, 0.25) is 5.02 Å². The van der Waals surface area contributed by atoms with Crippen molar-refractivity contribution in [3.63, 3.8) is 0 Å². The molecule has 0 aliphatic carbocycles. The van der Waals surface area contributed by atoms with Crippen molar-refractivity contribution in [3.8, 4) is 0 Å². The minimum atomic E-state index is -1.16. The molecule has 0 bridgehead atoms. The fraction of sp³-hybridized carbons (Fsp3) is 0.409. The number of hydrogen-bond acceptors (Lipinski definition) is 3. The van der Waals surface area contributed by atoms with E-state index in [-0.39, 0.29) is 12.4 Å². The van der Waals surface area contributed by atoms with Gasteiger partial charge in [-0.3, -0.25) is 9.88 Å². The molecule has 5 rings (SSSR count). The van der Waals surface area contributed by atoms with Crippen LogP contribution in [0.15, 0.2) is 36.7 Å². The Morgan fingerprint density at radius 2 is 2.25 bits per heavy atom. The number of fused-ring (bicyclic) bond motifs is 4. The van der Waals surface area contributed by atoms with Crippen molar-refractivity contribution in [2.45, 2.75) is 50.9 Å². The Labute approximate surface area is 168 Å². The molecule has 2 unspecified atom stereocenters. The minimum absolute atomic E-state index is 0.274. The van der Waals surface area contributed by atoms with Crippen molar-refractivity contribution < 1.29 is 9.50 Å². The molecule has 0 amide bonds. The maximum Gasteiger partial charge on any atom is 0.148 e. The molecule has 0 spiro atoms. The van der Waals surface area contributed by atoms with Crippen molar-refractivity contribution in [2.24, 2.45) is 0 Å². The highest BCUT2D eigenvalue weighted by Gasteiger charge is 2.36. The number of benzene rings is 1. The van der Waals surface area contributed by atoms with Gasteiger partial charge < -0.3 is 9.67 Å². The molecule has 4 heterocycles. The number of nitrogens with zero attached hydrogens (tertiary/aromatic N) is 3. The molecule has 146 valence electrons. The molecule has 4 nitrogen and oxygen atoms in total. The zero-order chi connectivity index (χ0) is 19.5. The van der Waals surface area contributed by atoms with Gasteiger partial charge in [0, 0.05) is 53.1 Å². The van der Waals surface area contributed by atoms with Gasteiger partial charge in [-0.25, -0.2) is 4.39 Å². The fourth-order valence-corrected chi connectivity index (χ4v) is 5.15. The van der Waals surface area contributed by atoms with E-state index in [4.69, 9.17) is 11.6 Å². The van der Waals surface area contributed by atoms with E-state index in [9.17, 15) is 5.11 Å². The van der Waals surface area contributed by atoms with Gasteiger partial charge in [-0.15, -0.1) is 0 Å². The Balaban J connectivity index is 1.68. The lowest BCUT2D eigenvalue weighted by atomic mass is 9.96. The highest BCUT2D eigenvalue weighted by Crippen LogP contribution is 2.39. The SMILES string of the molecule is CC(O)(Cn1c2c(c3cc(Cl)cc(F)c31)CN1CCCC1C2)c1cccnc1. The number of halogens is 2. The summed E-state index contributed by atoms with van der Waals surface area (Å²) in [6.07, 6.45) is 6.61. The van der Waals surface area contributed by atoms with Gasteiger partial charge >= 0.3 is 0 Å². The van der Waals surface area contributed by atoms with E-state index in [2.05, 4.69) is 9.88 Å². The summed E-state index contributed by atoms with van der Waals surface area (Å²) in [5.41, 5.74) is 2.38. The molecule has 6 heteroatoms. The zero-order valence-corrected chi connectivity index (χ0v) is 16.6. The fourth-order valence-electron chi connectivity index (χ4n) is 4.95. The van der Waals surface area contributed by atoms with Crippen molar-refractivity contribution >= 4 is 22.5 Å². The summed E-state index contributed by atoms with van der Waals surface area (Å²) in [6.45, 7) is 3.95. The van der Waals surface area contributed by atoms with Gasteiger partial charge in [-0.2, -0.15) is 0 Å². The topological polar surface area (TPSA) is 41.3 Å². The molecular weight excluding hydrogens is 377 g/mol. The average molecular weight is 400 g/mol. The molecule has 1 aromatic carbocycles. The Kier molecular flexibility index (Phi) is 4.23. The molecule has 2 aliphatic rings.